The molecule has 20 heavy (non-hydrogen) atoms. The molecule has 0 atom stereocenters. The van der Waals surface area contributed by atoms with Crippen molar-refractivity contribution >= 4 is 23.2 Å². The van der Waals surface area contributed by atoms with E-state index in [2.05, 4.69) is 15.5 Å². The Hall–Kier alpha value is -1.94. The molecule has 1 aliphatic rings. The first-order chi connectivity index (χ1) is 9.63. The van der Waals surface area contributed by atoms with E-state index >= 15 is 0 Å². The Kier molecular flexibility index (Phi) is 3.40. The predicted molar refractivity (Wildman–Crippen MR) is 78.1 cm³/mol. The lowest BCUT2D eigenvalue weighted by Gasteiger charge is -2.08. The van der Waals surface area contributed by atoms with Crippen LogP contribution in [-0.2, 0) is 0 Å². The van der Waals surface area contributed by atoms with Crippen LogP contribution in [0.15, 0.2) is 30.3 Å². The first-order valence-corrected chi connectivity index (χ1v) is 6.92. The molecule has 1 saturated carbocycles. The van der Waals surface area contributed by atoms with E-state index in [9.17, 15) is 4.79 Å². The molecule has 0 spiro atoms. The summed E-state index contributed by atoms with van der Waals surface area (Å²) in [6, 6.07) is 8.93. The number of aromatic nitrogens is 2. The summed E-state index contributed by atoms with van der Waals surface area (Å²) >= 11 is 5.89. The first kappa shape index (κ1) is 13.1. The van der Waals surface area contributed by atoms with Crippen molar-refractivity contribution in [3.8, 4) is 0 Å². The minimum atomic E-state index is -0.259. The standard InChI is InChI=1S/C15H14ClN3O/c1-9-8-11(16)4-5-12(9)17-15(20)14-7-6-13(18-19-14)10-2-3-10/h4-8,10H,2-3H2,1H3,(H,17,20). The normalized spacial score (nSPS) is 14.1. The minimum absolute atomic E-state index is 0.259. The van der Waals surface area contributed by atoms with Gasteiger partial charge in [0.1, 0.15) is 0 Å². The van der Waals surface area contributed by atoms with Crippen LogP contribution in [0.25, 0.3) is 0 Å². The van der Waals surface area contributed by atoms with Crippen LogP contribution in [0.5, 0.6) is 0 Å². The van der Waals surface area contributed by atoms with Crippen molar-refractivity contribution in [3.05, 3.63) is 52.3 Å². The summed E-state index contributed by atoms with van der Waals surface area (Å²) in [7, 11) is 0. The number of aryl methyl sites for hydroxylation is 1. The zero-order chi connectivity index (χ0) is 14.1. The molecule has 0 aliphatic heterocycles. The second kappa shape index (κ2) is 5.21. The van der Waals surface area contributed by atoms with E-state index < -0.39 is 0 Å². The predicted octanol–water partition coefficient (Wildman–Crippen LogP) is 3.57. The van der Waals surface area contributed by atoms with Crippen LogP contribution in [0.2, 0.25) is 5.02 Å². The fraction of sp³-hybridized carbons (Fsp3) is 0.267. The summed E-state index contributed by atoms with van der Waals surface area (Å²) in [5, 5.41) is 11.6. The molecule has 1 amide bonds. The van der Waals surface area contributed by atoms with E-state index in [-0.39, 0.29) is 5.91 Å². The Labute approximate surface area is 122 Å². The van der Waals surface area contributed by atoms with Crippen molar-refractivity contribution in [3.63, 3.8) is 0 Å². The van der Waals surface area contributed by atoms with Gasteiger partial charge in [-0.1, -0.05) is 11.6 Å². The minimum Gasteiger partial charge on any atom is -0.320 e. The van der Waals surface area contributed by atoms with Crippen LogP contribution in [-0.4, -0.2) is 16.1 Å². The molecule has 1 aromatic carbocycles. The molecule has 5 heteroatoms. The zero-order valence-corrected chi connectivity index (χ0v) is 11.8. The van der Waals surface area contributed by atoms with Gasteiger partial charge in [-0.3, -0.25) is 4.79 Å². The van der Waals surface area contributed by atoms with E-state index in [1.54, 1.807) is 24.3 Å². The van der Waals surface area contributed by atoms with Gasteiger partial charge in [0, 0.05) is 16.6 Å². The summed E-state index contributed by atoms with van der Waals surface area (Å²) in [5.41, 5.74) is 2.94. The van der Waals surface area contributed by atoms with E-state index in [1.807, 2.05) is 13.0 Å². The summed E-state index contributed by atoms with van der Waals surface area (Å²) in [4.78, 5) is 12.1. The van der Waals surface area contributed by atoms with Crippen molar-refractivity contribution in [2.24, 2.45) is 0 Å². The van der Waals surface area contributed by atoms with Crippen molar-refractivity contribution in [1.82, 2.24) is 10.2 Å². The molecule has 1 fully saturated rings. The van der Waals surface area contributed by atoms with Gasteiger partial charge in [0.15, 0.2) is 5.69 Å². The lowest BCUT2D eigenvalue weighted by Crippen LogP contribution is -2.15. The van der Waals surface area contributed by atoms with Crippen LogP contribution in [0, 0.1) is 6.92 Å². The van der Waals surface area contributed by atoms with Crippen LogP contribution in [0.4, 0.5) is 5.69 Å². The number of halogens is 1. The number of anilines is 1. The van der Waals surface area contributed by atoms with Gasteiger partial charge < -0.3 is 5.32 Å². The van der Waals surface area contributed by atoms with Crippen molar-refractivity contribution < 1.29 is 4.79 Å². The molecule has 102 valence electrons. The Morgan fingerprint density at radius 2 is 2.05 bits per heavy atom. The number of carbonyl (C=O) groups is 1. The molecule has 4 nitrogen and oxygen atoms in total. The lowest BCUT2D eigenvalue weighted by molar-refractivity contribution is 0.102. The van der Waals surface area contributed by atoms with Crippen LogP contribution in [0.1, 0.15) is 40.5 Å². The van der Waals surface area contributed by atoms with Gasteiger partial charge in [0.2, 0.25) is 0 Å². The average Bonchev–Trinajstić information content (AvgIpc) is 3.26. The fourth-order valence-corrected chi connectivity index (χ4v) is 2.24. The average molecular weight is 288 g/mol. The number of carbonyl (C=O) groups excluding carboxylic acids is 1. The topological polar surface area (TPSA) is 54.9 Å². The SMILES string of the molecule is Cc1cc(Cl)ccc1NC(=O)c1ccc(C2CC2)nn1. The van der Waals surface area contributed by atoms with Gasteiger partial charge in [-0.25, -0.2) is 0 Å². The molecule has 0 unspecified atom stereocenters. The Balaban J connectivity index is 1.74. The molecule has 2 aromatic rings. The summed E-state index contributed by atoms with van der Waals surface area (Å²) in [5.74, 6) is 0.281. The number of nitrogens with zero attached hydrogens (tertiary/aromatic N) is 2. The summed E-state index contributed by atoms with van der Waals surface area (Å²) in [6.45, 7) is 1.89. The smallest absolute Gasteiger partial charge is 0.276 e. The molecule has 1 heterocycles. The highest BCUT2D eigenvalue weighted by Gasteiger charge is 2.25. The maximum absolute atomic E-state index is 12.1. The molecule has 1 aromatic heterocycles. The van der Waals surface area contributed by atoms with Crippen molar-refractivity contribution in [1.29, 1.82) is 0 Å². The van der Waals surface area contributed by atoms with Crippen LogP contribution < -0.4 is 5.32 Å². The van der Waals surface area contributed by atoms with E-state index in [1.165, 1.54) is 12.8 Å². The second-order valence-electron chi connectivity index (χ2n) is 5.03. The highest BCUT2D eigenvalue weighted by molar-refractivity contribution is 6.30. The van der Waals surface area contributed by atoms with Gasteiger partial charge in [-0.15, -0.1) is 5.10 Å². The third-order valence-electron chi connectivity index (χ3n) is 3.35. The Bertz CT molecular complexity index is 651. The highest BCUT2D eigenvalue weighted by atomic mass is 35.5. The second-order valence-corrected chi connectivity index (χ2v) is 5.47. The molecule has 0 saturated heterocycles. The third kappa shape index (κ3) is 2.80. The molecule has 1 N–H and O–H groups in total. The van der Waals surface area contributed by atoms with E-state index in [4.69, 9.17) is 11.6 Å². The van der Waals surface area contributed by atoms with Gasteiger partial charge in [-0.05, 0) is 55.7 Å². The van der Waals surface area contributed by atoms with Gasteiger partial charge >= 0.3 is 0 Å². The number of hydrogen-bond donors (Lipinski definition) is 1. The van der Waals surface area contributed by atoms with Gasteiger partial charge in [-0.2, -0.15) is 5.10 Å². The molecule has 0 bridgehead atoms. The largest absolute Gasteiger partial charge is 0.320 e. The van der Waals surface area contributed by atoms with Gasteiger partial charge in [0.05, 0.1) is 5.69 Å². The lowest BCUT2D eigenvalue weighted by atomic mass is 10.2. The number of amides is 1. The van der Waals surface area contributed by atoms with E-state index in [0.29, 0.717) is 16.6 Å². The van der Waals surface area contributed by atoms with E-state index in [0.717, 1.165) is 16.9 Å². The molecule has 0 radical (unpaired) electrons. The van der Waals surface area contributed by atoms with Crippen molar-refractivity contribution in [2.45, 2.75) is 25.7 Å². The fourth-order valence-electron chi connectivity index (χ4n) is 2.01. The molecule has 3 rings (SSSR count). The van der Waals surface area contributed by atoms with Gasteiger partial charge in [0.25, 0.3) is 5.91 Å². The van der Waals surface area contributed by atoms with Crippen LogP contribution in [0.3, 0.4) is 0 Å². The summed E-state index contributed by atoms with van der Waals surface area (Å²) in [6.07, 6.45) is 2.34. The Morgan fingerprint density at radius 1 is 1.25 bits per heavy atom. The maximum atomic E-state index is 12.1. The molecular formula is C15H14ClN3O. The summed E-state index contributed by atoms with van der Waals surface area (Å²) < 4.78 is 0. The van der Waals surface area contributed by atoms with Crippen LogP contribution >= 0.6 is 11.6 Å². The zero-order valence-electron chi connectivity index (χ0n) is 11.1. The number of hydrogen-bond acceptors (Lipinski definition) is 3. The number of benzene rings is 1. The quantitative estimate of drug-likeness (QED) is 0.939. The van der Waals surface area contributed by atoms with Crippen molar-refractivity contribution in [2.75, 3.05) is 5.32 Å². The maximum Gasteiger partial charge on any atom is 0.276 e. The number of rotatable bonds is 3. The third-order valence-corrected chi connectivity index (χ3v) is 3.59. The molecule has 1 aliphatic carbocycles. The highest BCUT2D eigenvalue weighted by Crippen LogP contribution is 2.38. The number of nitrogens with one attached hydrogen (secondary N) is 1. The monoisotopic (exact) mass is 287 g/mol. The molecular weight excluding hydrogens is 274 g/mol. The first-order valence-electron chi connectivity index (χ1n) is 6.54. The Morgan fingerprint density at radius 3 is 2.65 bits per heavy atom.